The van der Waals surface area contributed by atoms with Crippen LogP contribution < -0.4 is 0 Å². The molecule has 0 amide bonds. The molecule has 0 aliphatic heterocycles. The van der Waals surface area contributed by atoms with Crippen molar-refractivity contribution in [2.75, 3.05) is 6.67 Å². The smallest absolute Gasteiger partial charge is 0.341 e. The van der Waals surface area contributed by atoms with Gasteiger partial charge >= 0.3 is 12.2 Å². The minimum Gasteiger partial charge on any atom is -0.341 e. The summed E-state index contributed by atoms with van der Waals surface area (Å²) in [6.07, 6.45) is -0.906. The fourth-order valence-corrected chi connectivity index (χ4v) is 6.89. The lowest BCUT2D eigenvalue weighted by atomic mass is 9.66. The number of fused-ring (bicyclic) bond motifs is 9. The minimum atomic E-state index is -5.62. The van der Waals surface area contributed by atoms with E-state index in [4.69, 9.17) is 9.84 Å². The van der Waals surface area contributed by atoms with Crippen molar-refractivity contribution < 1.29 is 36.5 Å². The highest BCUT2D eigenvalue weighted by molar-refractivity contribution is 5.16. The first-order chi connectivity index (χ1) is 11.9. The van der Waals surface area contributed by atoms with E-state index in [1.165, 1.54) is 6.42 Å². The summed E-state index contributed by atoms with van der Waals surface area (Å²) in [5.41, 5.74) is -1.26. The molecule has 8 atom stereocenters. The SMILES string of the molecule is CC(C)(OC1(CF)CC2CC1C1C3CCC(C3)C21)OC(O)(F)C(F)(F)F. The molecular formula is C18H25F5O3. The second kappa shape index (κ2) is 5.54. The molecule has 8 unspecified atom stereocenters. The molecule has 26 heavy (non-hydrogen) atoms. The van der Waals surface area contributed by atoms with Crippen LogP contribution in [0.25, 0.3) is 0 Å². The van der Waals surface area contributed by atoms with E-state index in [0.717, 1.165) is 33.1 Å². The molecule has 0 aromatic heterocycles. The number of rotatable bonds is 5. The molecule has 3 nitrogen and oxygen atoms in total. The summed E-state index contributed by atoms with van der Waals surface area (Å²) in [5.74, 6) is 0.223. The zero-order valence-electron chi connectivity index (χ0n) is 14.9. The summed E-state index contributed by atoms with van der Waals surface area (Å²) >= 11 is 0. The zero-order chi connectivity index (χ0) is 19.1. The summed E-state index contributed by atoms with van der Waals surface area (Å²) in [5, 5.41) is 9.00. The third-order valence-corrected chi connectivity index (χ3v) is 7.30. The van der Waals surface area contributed by atoms with Gasteiger partial charge in [-0.15, -0.1) is 0 Å². The Morgan fingerprint density at radius 2 is 1.62 bits per heavy atom. The van der Waals surface area contributed by atoms with E-state index < -0.39 is 30.3 Å². The topological polar surface area (TPSA) is 38.7 Å². The van der Waals surface area contributed by atoms with Crippen molar-refractivity contribution in [3.63, 3.8) is 0 Å². The Bertz CT molecular complexity index is 578. The molecule has 4 bridgehead atoms. The summed E-state index contributed by atoms with van der Waals surface area (Å²) in [4.78, 5) is 0. The van der Waals surface area contributed by atoms with Gasteiger partial charge in [-0.3, -0.25) is 4.74 Å². The lowest BCUT2D eigenvalue weighted by molar-refractivity contribution is -0.480. The molecule has 0 spiro atoms. The van der Waals surface area contributed by atoms with Crippen LogP contribution in [-0.2, 0) is 9.47 Å². The Balaban J connectivity index is 1.53. The number of alkyl halides is 5. The average Bonchev–Trinajstić information content (AvgIpc) is 3.22. The third kappa shape index (κ3) is 2.62. The van der Waals surface area contributed by atoms with Crippen LogP contribution in [0.2, 0.25) is 0 Å². The van der Waals surface area contributed by atoms with Crippen molar-refractivity contribution >= 4 is 0 Å². The first-order valence-electron chi connectivity index (χ1n) is 9.33. The van der Waals surface area contributed by atoms with Crippen LogP contribution in [0.4, 0.5) is 22.0 Å². The van der Waals surface area contributed by atoms with Gasteiger partial charge < -0.3 is 9.84 Å². The summed E-state index contributed by atoms with van der Waals surface area (Å²) in [6.45, 7) is 1.33. The van der Waals surface area contributed by atoms with Crippen LogP contribution in [0.3, 0.4) is 0 Å². The maximum absolute atomic E-state index is 14.1. The highest BCUT2D eigenvalue weighted by atomic mass is 19.4. The van der Waals surface area contributed by atoms with Gasteiger partial charge in [0.05, 0.1) is 0 Å². The summed E-state index contributed by atoms with van der Waals surface area (Å²) in [6, 6.07) is -4.85. The molecule has 0 radical (unpaired) electrons. The number of hydrogen-bond acceptors (Lipinski definition) is 3. The van der Waals surface area contributed by atoms with Crippen molar-refractivity contribution in [2.24, 2.45) is 35.5 Å². The molecule has 0 aromatic rings. The van der Waals surface area contributed by atoms with Gasteiger partial charge in [-0.1, -0.05) is 0 Å². The molecule has 0 saturated heterocycles. The largest absolute Gasteiger partial charge is 0.477 e. The maximum atomic E-state index is 14.1. The second-order valence-electron chi connectivity index (χ2n) is 9.16. The number of hydrogen-bond donors (Lipinski definition) is 1. The van der Waals surface area contributed by atoms with Gasteiger partial charge in [0.2, 0.25) is 0 Å². The van der Waals surface area contributed by atoms with Crippen molar-refractivity contribution in [1.82, 2.24) is 0 Å². The van der Waals surface area contributed by atoms with E-state index in [9.17, 15) is 22.0 Å². The van der Waals surface area contributed by atoms with E-state index in [1.54, 1.807) is 0 Å². The molecule has 4 saturated carbocycles. The van der Waals surface area contributed by atoms with Crippen LogP contribution in [-0.4, -0.2) is 35.4 Å². The van der Waals surface area contributed by atoms with Crippen molar-refractivity contribution in [1.29, 1.82) is 0 Å². The molecule has 0 heterocycles. The van der Waals surface area contributed by atoms with Gasteiger partial charge in [-0.25, -0.2) is 4.39 Å². The van der Waals surface area contributed by atoms with Crippen LogP contribution in [0, 0.1) is 35.5 Å². The van der Waals surface area contributed by atoms with Gasteiger partial charge in [0, 0.05) is 0 Å². The summed E-state index contributed by atoms with van der Waals surface area (Å²) < 4.78 is 75.5. The molecule has 4 fully saturated rings. The van der Waals surface area contributed by atoms with Gasteiger partial charge in [-0.05, 0) is 81.5 Å². The van der Waals surface area contributed by atoms with E-state index in [-0.39, 0.29) is 5.92 Å². The fourth-order valence-electron chi connectivity index (χ4n) is 6.89. The lowest BCUT2D eigenvalue weighted by Gasteiger charge is -2.48. The monoisotopic (exact) mass is 384 g/mol. The second-order valence-corrected chi connectivity index (χ2v) is 9.16. The molecular weight excluding hydrogens is 359 g/mol. The lowest BCUT2D eigenvalue weighted by Crippen LogP contribution is -2.56. The highest BCUT2D eigenvalue weighted by Gasteiger charge is 2.69. The first-order valence-corrected chi connectivity index (χ1v) is 9.33. The van der Waals surface area contributed by atoms with Gasteiger partial charge in [0.1, 0.15) is 12.3 Å². The third-order valence-electron chi connectivity index (χ3n) is 7.30. The number of halogens is 5. The van der Waals surface area contributed by atoms with E-state index >= 15 is 0 Å². The Morgan fingerprint density at radius 3 is 2.19 bits per heavy atom. The normalized spacial score (nSPS) is 46.6. The Hall–Kier alpha value is -0.470. The molecule has 4 aliphatic rings. The zero-order valence-corrected chi connectivity index (χ0v) is 14.9. The molecule has 0 aromatic carbocycles. The fraction of sp³-hybridized carbons (Fsp3) is 1.00. The highest BCUT2D eigenvalue weighted by Crippen LogP contribution is 2.70. The van der Waals surface area contributed by atoms with E-state index in [0.29, 0.717) is 36.0 Å². The standard InChI is InChI=1S/C18H25F5O3/c1-15(2,26-18(23,24)17(20,21)22)25-16(8-19)7-11-6-12(16)14-10-4-3-9(5-10)13(11)14/h9-14,24H,3-8H2,1-2H3. The molecule has 1 N–H and O–H groups in total. The van der Waals surface area contributed by atoms with Gasteiger partial charge in [0.25, 0.3) is 0 Å². The van der Waals surface area contributed by atoms with E-state index in [1.807, 2.05) is 0 Å². The van der Waals surface area contributed by atoms with Crippen molar-refractivity contribution in [3.8, 4) is 0 Å². The number of ether oxygens (including phenoxy) is 2. The Kier molecular flexibility index (Phi) is 4.02. The first kappa shape index (κ1) is 18.9. The average molecular weight is 384 g/mol. The minimum absolute atomic E-state index is 0.0840. The van der Waals surface area contributed by atoms with Crippen molar-refractivity contribution in [3.05, 3.63) is 0 Å². The van der Waals surface area contributed by atoms with E-state index in [2.05, 4.69) is 4.74 Å². The Morgan fingerprint density at radius 1 is 1.00 bits per heavy atom. The van der Waals surface area contributed by atoms with Crippen LogP contribution in [0.1, 0.15) is 46.0 Å². The summed E-state index contributed by atoms with van der Waals surface area (Å²) in [7, 11) is 0. The van der Waals surface area contributed by atoms with Gasteiger partial charge in [0.15, 0.2) is 5.79 Å². The number of aliphatic hydroxyl groups is 1. The molecule has 4 aliphatic carbocycles. The molecule has 4 rings (SSSR count). The van der Waals surface area contributed by atoms with Crippen LogP contribution in [0.5, 0.6) is 0 Å². The molecule has 8 heteroatoms. The predicted molar refractivity (Wildman–Crippen MR) is 81.1 cm³/mol. The van der Waals surface area contributed by atoms with Crippen LogP contribution >= 0.6 is 0 Å². The van der Waals surface area contributed by atoms with Crippen LogP contribution in [0.15, 0.2) is 0 Å². The van der Waals surface area contributed by atoms with Gasteiger partial charge in [-0.2, -0.15) is 17.6 Å². The predicted octanol–water partition coefficient (Wildman–Crippen LogP) is 4.34. The Labute approximate surface area is 149 Å². The van der Waals surface area contributed by atoms with Crippen molar-refractivity contribution in [2.45, 2.75) is 69.6 Å². The maximum Gasteiger partial charge on any atom is 0.477 e. The quantitative estimate of drug-likeness (QED) is 0.435. The molecule has 150 valence electrons.